The van der Waals surface area contributed by atoms with Crippen molar-refractivity contribution in [3.05, 3.63) is 108 Å². The van der Waals surface area contributed by atoms with Crippen LogP contribution in [0.5, 0.6) is 0 Å². The summed E-state index contributed by atoms with van der Waals surface area (Å²) in [5, 5.41) is 4.01. The highest BCUT2D eigenvalue weighted by atomic mass is 16.5. The third-order valence-electron chi connectivity index (χ3n) is 7.42. The molecule has 0 spiro atoms. The van der Waals surface area contributed by atoms with Crippen molar-refractivity contribution in [1.29, 1.82) is 0 Å². The Bertz CT molecular complexity index is 904. The predicted molar refractivity (Wildman–Crippen MR) is 122 cm³/mol. The van der Waals surface area contributed by atoms with E-state index in [0.717, 1.165) is 19.4 Å². The summed E-state index contributed by atoms with van der Waals surface area (Å²) in [4.78, 5) is 0. The topological polar surface area (TPSA) is 21.3 Å². The minimum Gasteiger partial charge on any atom is -0.360 e. The molecule has 1 saturated heterocycles. The quantitative estimate of drug-likeness (QED) is 0.516. The molecule has 1 aliphatic heterocycles. The fraction of sp³-hybridized carbons (Fsp3) is 0.357. The van der Waals surface area contributed by atoms with Gasteiger partial charge in [-0.3, -0.25) is 5.32 Å². The summed E-state index contributed by atoms with van der Waals surface area (Å²) in [6.45, 7) is 3.10. The maximum absolute atomic E-state index is 6.67. The summed E-state index contributed by atoms with van der Waals surface area (Å²) >= 11 is 0. The van der Waals surface area contributed by atoms with Crippen LogP contribution in [0.1, 0.15) is 61.3 Å². The summed E-state index contributed by atoms with van der Waals surface area (Å²) in [6, 6.07) is 33.1. The third kappa shape index (κ3) is 3.19. The Labute approximate surface area is 180 Å². The molecule has 3 unspecified atom stereocenters. The first-order valence-electron chi connectivity index (χ1n) is 11.3. The van der Waals surface area contributed by atoms with Crippen molar-refractivity contribution in [3.63, 3.8) is 0 Å². The molecular weight excluding hydrogens is 366 g/mol. The Balaban J connectivity index is 1.59. The molecule has 2 nitrogen and oxygen atoms in total. The Hall–Kier alpha value is -2.42. The van der Waals surface area contributed by atoms with Crippen molar-refractivity contribution in [2.45, 2.75) is 50.3 Å². The average molecular weight is 398 g/mol. The first-order valence-corrected chi connectivity index (χ1v) is 11.3. The van der Waals surface area contributed by atoms with E-state index in [1.165, 1.54) is 29.5 Å². The van der Waals surface area contributed by atoms with Crippen molar-refractivity contribution in [3.8, 4) is 0 Å². The first-order chi connectivity index (χ1) is 14.7. The lowest BCUT2D eigenvalue weighted by Crippen LogP contribution is -2.56. The van der Waals surface area contributed by atoms with Crippen LogP contribution >= 0.6 is 0 Å². The molecule has 3 atom stereocenters. The molecule has 1 aliphatic carbocycles. The van der Waals surface area contributed by atoms with E-state index in [9.17, 15) is 0 Å². The van der Waals surface area contributed by atoms with Crippen molar-refractivity contribution < 1.29 is 4.74 Å². The van der Waals surface area contributed by atoms with E-state index < -0.39 is 0 Å². The van der Waals surface area contributed by atoms with Crippen LogP contribution in [0.4, 0.5) is 0 Å². The number of hydrogen-bond acceptors (Lipinski definition) is 2. The monoisotopic (exact) mass is 397 g/mol. The molecule has 0 radical (unpaired) electrons. The van der Waals surface area contributed by atoms with E-state index in [0.29, 0.717) is 5.92 Å². The summed E-state index contributed by atoms with van der Waals surface area (Å²) in [5.74, 6) is 0.320. The van der Waals surface area contributed by atoms with Crippen LogP contribution in [-0.2, 0) is 4.74 Å². The molecule has 0 amide bonds. The molecule has 2 heteroatoms. The second kappa shape index (κ2) is 8.02. The van der Waals surface area contributed by atoms with E-state index >= 15 is 0 Å². The fourth-order valence-electron chi connectivity index (χ4n) is 6.13. The molecule has 0 bridgehead atoms. The summed E-state index contributed by atoms with van der Waals surface area (Å²) in [6.07, 6.45) is 4.55. The van der Waals surface area contributed by atoms with Crippen LogP contribution in [0.2, 0.25) is 0 Å². The second-order valence-electron chi connectivity index (χ2n) is 8.97. The number of rotatable bonds is 6. The van der Waals surface area contributed by atoms with Gasteiger partial charge < -0.3 is 4.74 Å². The summed E-state index contributed by atoms with van der Waals surface area (Å²) in [5.41, 5.74) is 3.88. The van der Waals surface area contributed by atoms with Gasteiger partial charge >= 0.3 is 0 Å². The molecular formula is C28H31NO. The van der Waals surface area contributed by atoms with Crippen molar-refractivity contribution in [2.75, 3.05) is 6.61 Å². The molecule has 1 heterocycles. The van der Waals surface area contributed by atoms with E-state index in [2.05, 4.69) is 103 Å². The third-order valence-corrected chi connectivity index (χ3v) is 7.42. The maximum Gasteiger partial charge on any atom is 0.126 e. The van der Waals surface area contributed by atoms with Gasteiger partial charge in [0.2, 0.25) is 0 Å². The van der Waals surface area contributed by atoms with Gasteiger partial charge in [0, 0.05) is 24.0 Å². The molecule has 2 aliphatic rings. The minimum absolute atomic E-state index is 0.0543. The van der Waals surface area contributed by atoms with Crippen molar-refractivity contribution in [2.24, 2.45) is 5.41 Å². The van der Waals surface area contributed by atoms with Crippen LogP contribution in [0.3, 0.4) is 0 Å². The highest BCUT2D eigenvalue weighted by molar-refractivity contribution is 5.38. The van der Waals surface area contributed by atoms with Gasteiger partial charge in [0.05, 0.1) is 0 Å². The number of benzene rings is 3. The SMILES string of the molecule is CC(NC12CCCC1(C(c1ccccc1)c1ccccc1)CCO2)c1ccccc1. The predicted octanol–water partition coefficient (Wildman–Crippen LogP) is 6.46. The zero-order valence-corrected chi connectivity index (χ0v) is 17.8. The Morgan fingerprint density at radius 1 is 0.700 bits per heavy atom. The second-order valence-corrected chi connectivity index (χ2v) is 8.97. The van der Waals surface area contributed by atoms with Gasteiger partial charge in [-0.25, -0.2) is 0 Å². The smallest absolute Gasteiger partial charge is 0.126 e. The van der Waals surface area contributed by atoms with Gasteiger partial charge in [-0.15, -0.1) is 0 Å². The normalized spacial score (nSPS) is 26.6. The molecule has 1 N–H and O–H groups in total. The maximum atomic E-state index is 6.67. The van der Waals surface area contributed by atoms with Crippen LogP contribution in [0.25, 0.3) is 0 Å². The lowest BCUT2D eigenvalue weighted by Gasteiger charge is -2.47. The van der Waals surface area contributed by atoms with Crippen LogP contribution in [0.15, 0.2) is 91.0 Å². The first kappa shape index (κ1) is 19.5. The van der Waals surface area contributed by atoms with Crippen molar-refractivity contribution in [1.82, 2.24) is 5.32 Å². The number of ether oxygens (including phenoxy) is 1. The van der Waals surface area contributed by atoms with Gasteiger partial charge in [0.15, 0.2) is 0 Å². The minimum atomic E-state index is -0.293. The van der Waals surface area contributed by atoms with Gasteiger partial charge in [0.25, 0.3) is 0 Å². The number of nitrogens with one attached hydrogen (secondary N) is 1. The fourth-order valence-corrected chi connectivity index (χ4v) is 6.13. The zero-order chi connectivity index (χ0) is 20.4. The molecule has 154 valence electrons. The Morgan fingerprint density at radius 3 is 1.80 bits per heavy atom. The number of fused-ring (bicyclic) bond motifs is 1. The molecule has 2 fully saturated rings. The highest BCUT2D eigenvalue weighted by Crippen LogP contribution is 2.63. The Kier molecular flexibility index (Phi) is 5.22. The largest absolute Gasteiger partial charge is 0.360 e. The molecule has 3 aromatic rings. The van der Waals surface area contributed by atoms with Crippen LogP contribution in [0, 0.1) is 5.41 Å². The van der Waals surface area contributed by atoms with Gasteiger partial charge in [0.1, 0.15) is 5.72 Å². The van der Waals surface area contributed by atoms with Gasteiger partial charge in [-0.2, -0.15) is 0 Å². The molecule has 0 aromatic heterocycles. The van der Waals surface area contributed by atoms with E-state index in [1.807, 2.05) is 0 Å². The van der Waals surface area contributed by atoms with E-state index in [1.54, 1.807) is 0 Å². The highest BCUT2D eigenvalue weighted by Gasteiger charge is 2.63. The average Bonchev–Trinajstić information content (AvgIpc) is 3.31. The number of hydrogen-bond donors (Lipinski definition) is 1. The standard InChI is InChI=1S/C28H31NO/c1-22(23-12-5-2-6-13-23)29-28-19-11-18-27(28,20-21-30-28)26(24-14-7-3-8-15-24)25-16-9-4-10-17-25/h2-10,12-17,22,26,29H,11,18-21H2,1H3. The molecule has 1 saturated carbocycles. The van der Waals surface area contributed by atoms with Crippen molar-refractivity contribution >= 4 is 0 Å². The molecule has 30 heavy (non-hydrogen) atoms. The molecule has 5 rings (SSSR count). The van der Waals surface area contributed by atoms with Gasteiger partial charge in [-0.1, -0.05) is 91.0 Å². The van der Waals surface area contributed by atoms with E-state index in [-0.39, 0.29) is 17.2 Å². The van der Waals surface area contributed by atoms with Crippen LogP contribution in [-0.4, -0.2) is 12.3 Å². The van der Waals surface area contributed by atoms with Gasteiger partial charge in [-0.05, 0) is 49.3 Å². The summed E-state index contributed by atoms with van der Waals surface area (Å²) in [7, 11) is 0. The summed E-state index contributed by atoms with van der Waals surface area (Å²) < 4.78 is 6.67. The lowest BCUT2D eigenvalue weighted by molar-refractivity contribution is -0.0851. The van der Waals surface area contributed by atoms with E-state index in [4.69, 9.17) is 4.74 Å². The zero-order valence-electron chi connectivity index (χ0n) is 17.8. The van der Waals surface area contributed by atoms with Crippen LogP contribution < -0.4 is 5.32 Å². The molecule has 3 aromatic carbocycles. The lowest BCUT2D eigenvalue weighted by atomic mass is 9.63. The Morgan fingerprint density at radius 2 is 1.23 bits per heavy atom.